The van der Waals surface area contributed by atoms with Crippen LogP contribution < -0.4 is 5.32 Å². The third-order valence-electron chi connectivity index (χ3n) is 4.32. The van der Waals surface area contributed by atoms with Gasteiger partial charge in [0.15, 0.2) is 0 Å². The zero-order valence-electron chi connectivity index (χ0n) is 13.2. The minimum Gasteiger partial charge on any atom is -0.310 e. The molecular formula is C19H16ClN3O. The zero-order valence-corrected chi connectivity index (χ0v) is 13.9. The summed E-state index contributed by atoms with van der Waals surface area (Å²) in [6, 6.07) is 15.7. The normalized spacial score (nSPS) is 16.6. The van der Waals surface area contributed by atoms with Gasteiger partial charge in [-0.1, -0.05) is 47.5 Å². The SMILES string of the molecule is Cc1cccc([C@H]2CC(=O)Nc3c2cnn3-c2cccc(Cl)c2)c1. The lowest BCUT2D eigenvalue weighted by molar-refractivity contribution is -0.116. The monoisotopic (exact) mass is 337 g/mol. The molecule has 24 heavy (non-hydrogen) atoms. The van der Waals surface area contributed by atoms with Crippen LogP contribution in [0.25, 0.3) is 5.69 Å². The number of amides is 1. The number of halogens is 1. The van der Waals surface area contributed by atoms with Crippen LogP contribution in [0, 0.1) is 6.92 Å². The molecule has 0 spiro atoms. The first kappa shape index (κ1) is 15.0. The maximum Gasteiger partial charge on any atom is 0.226 e. The molecule has 0 saturated heterocycles. The lowest BCUT2D eigenvalue weighted by Gasteiger charge is -2.24. The van der Waals surface area contributed by atoms with Crippen molar-refractivity contribution >= 4 is 23.3 Å². The van der Waals surface area contributed by atoms with Gasteiger partial charge in [0.05, 0.1) is 11.9 Å². The van der Waals surface area contributed by atoms with Crippen molar-refractivity contribution in [3.05, 3.63) is 76.4 Å². The molecule has 3 aromatic rings. The van der Waals surface area contributed by atoms with Crippen LogP contribution in [0.4, 0.5) is 5.82 Å². The van der Waals surface area contributed by atoms with Gasteiger partial charge in [-0.05, 0) is 30.7 Å². The van der Waals surface area contributed by atoms with Gasteiger partial charge < -0.3 is 5.32 Å². The first-order valence-corrected chi connectivity index (χ1v) is 8.20. The fraction of sp³-hybridized carbons (Fsp3) is 0.158. The van der Waals surface area contributed by atoms with Crippen LogP contribution >= 0.6 is 11.6 Å². The summed E-state index contributed by atoms with van der Waals surface area (Å²) in [5, 5.41) is 8.08. The summed E-state index contributed by atoms with van der Waals surface area (Å²) in [6.45, 7) is 2.06. The van der Waals surface area contributed by atoms with E-state index >= 15 is 0 Å². The van der Waals surface area contributed by atoms with Gasteiger partial charge in [-0.3, -0.25) is 4.79 Å². The van der Waals surface area contributed by atoms with E-state index in [1.807, 2.05) is 36.5 Å². The molecule has 1 aliphatic heterocycles. The molecule has 4 nitrogen and oxygen atoms in total. The number of hydrogen-bond donors (Lipinski definition) is 1. The lowest BCUT2D eigenvalue weighted by Crippen LogP contribution is -2.24. The minimum atomic E-state index is -0.00205. The van der Waals surface area contributed by atoms with Crippen molar-refractivity contribution in [3.8, 4) is 5.69 Å². The average molecular weight is 338 g/mol. The fourth-order valence-electron chi connectivity index (χ4n) is 3.21. The second-order valence-corrected chi connectivity index (χ2v) is 6.50. The van der Waals surface area contributed by atoms with E-state index in [4.69, 9.17) is 11.6 Å². The van der Waals surface area contributed by atoms with Crippen molar-refractivity contribution < 1.29 is 4.79 Å². The molecule has 1 aliphatic rings. The molecule has 2 heterocycles. The Hall–Kier alpha value is -2.59. The molecule has 1 N–H and O–H groups in total. The summed E-state index contributed by atoms with van der Waals surface area (Å²) in [4.78, 5) is 12.3. The summed E-state index contributed by atoms with van der Waals surface area (Å²) >= 11 is 6.09. The van der Waals surface area contributed by atoms with Crippen molar-refractivity contribution in [2.24, 2.45) is 0 Å². The number of benzene rings is 2. The average Bonchev–Trinajstić information content (AvgIpc) is 2.97. The molecule has 0 unspecified atom stereocenters. The highest BCUT2D eigenvalue weighted by Gasteiger charge is 2.30. The number of aryl methyl sites for hydroxylation is 1. The highest BCUT2D eigenvalue weighted by molar-refractivity contribution is 6.30. The highest BCUT2D eigenvalue weighted by Crippen LogP contribution is 2.38. The molecular weight excluding hydrogens is 322 g/mol. The van der Waals surface area contributed by atoms with Crippen molar-refractivity contribution in [2.75, 3.05) is 5.32 Å². The molecule has 4 rings (SSSR count). The number of carbonyl (C=O) groups excluding carboxylic acids is 1. The zero-order chi connectivity index (χ0) is 16.7. The van der Waals surface area contributed by atoms with E-state index in [1.165, 1.54) is 5.56 Å². The molecule has 0 bridgehead atoms. The number of rotatable bonds is 2. The van der Waals surface area contributed by atoms with Crippen LogP contribution in [0.1, 0.15) is 29.0 Å². The quantitative estimate of drug-likeness (QED) is 0.757. The summed E-state index contributed by atoms with van der Waals surface area (Å²) in [5.74, 6) is 0.736. The molecule has 1 aromatic heterocycles. The molecule has 1 atom stereocenters. The Morgan fingerprint density at radius 2 is 2.04 bits per heavy atom. The second-order valence-electron chi connectivity index (χ2n) is 6.06. The summed E-state index contributed by atoms with van der Waals surface area (Å²) in [6.07, 6.45) is 2.26. The van der Waals surface area contributed by atoms with Crippen LogP contribution in [0.2, 0.25) is 5.02 Å². The van der Waals surface area contributed by atoms with Gasteiger partial charge in [-0.25, -0.2) is 4.68 Å². The molecule has 0 fully saturated rings. The number of nitrogens with one attached hydrogen (secondary N) is 1. The summed E-state index contributed by atoms with van der Waals surface area (Å²) in [5.41, 5.74) is 4.17. The number of aromatic nitrogens is 2. The van der Waals surface area contributed by atoms with Crippen molar-refractivity contribution in [3.63, 3.8) is 0 Å². The number of anilines is 1. The number of carbonyl (C=O) groups is 1. The molecule has 0 aliphatic carbocycles. The van der Waals surface area contributed by atoms with Gasteiger partial charge in [0, 0.05) is 22.9 Å². The first-order chi connectivity index (χ1) is 11.6. The van der Waals surface area contributed by atoms with E-state index in [-0.39, 0.29) is 11.8 Å². The van der Waals surface area contributed by atoms with E-state index in [2.05, 4.69) is 35.5 Å². The van der Waals surface area contributed by atoms with Gasteiger partial charge >= 0.3 is 0 Å². The van der Waals surface area contributed by atoms with Crippen molar-refractivity contribution in [1.29, 1.82) is 0 Å². The Balaban J connectivity index is 1.83. The van der Waals surface area contributed by atoms with Crippen LogP contribution in [0.5, 0.6) is 0 Å². The number of nitrogens with zero attached hydrogens (tertiary/aromatic N) is 2. The molecule has 5 heteroatoms. The molecule has 1 amide bonds. The fourth-order valence-corrected chi connectivity index (χ4v) is 3.39. The van der Waals surface area contributed by atoms with E-state index in [9.17, 15) is 4.79 Å². The van der Waals surface area contributed by atoms with Gasteiger partial charge in [0.2, 0.25) is 5.91 Å². The molecule has 0 radical (unpaired) electrons. The largest absolute Gasteiger partial charge is 0.310 e. The van der Waals surface area contributed by atoms with E-state index < -0.39 is 0 Å². The first-order valence-electron chi connectivity index (χ1n) is 7.82. The van der Waals surface area contributed by atoms with Crippen molar-refractivity contribution in [1.82, 2.24) is 9.78 Å². The van der Waals surface area contributed by atoms with Gasteiger partial charge in [-0.15, -0.1) is 0 Å². The standard InChI is InChI=1S/C19H16ClN3O/c1-12-4-2-5-13(8-12)16-10-18(24)22-19-17(16)11-21-23(19)15-7-3-6-14(20)9-15/h2-9,11,16H,10H2,1H3,(H,22,24)/t16-/m1/s1. The smallest absolute Gasteiger partial charge is 0.226 e. The van der Waals surface area contributed by atoms with E-state index in [0.29, 0.717) is 11.4 Å². The summed E-state index contributed by atoms with van der Waals surface area (Å²) < 4.78 is 1.74. The Morgan fingerprint density at radius 1 is 1.21 bits per heavy atom. The highest BCUT2D eigenvalue weighted by atomic mass is 35.5. The van der Waals surface area contributed by atoms with Gasteiger partial charge in [0.1, 0.15) is 5.82 Å². The Kier molecular flexibility index (Phi) is 3.62. The molecule has 2 aromatic carbocycles. The Labute approximate surface area is 145 Å². The number of fused-ring (bicyclic) bond motifs is 1. The van der Waals surface area contributed by atoms with E-state index in [0.717, 1.165) is 22.6 Å². The molecule has 120 valence electrons. The predicted molar refractivity (Wildman–Crippen MR) is 94.8 cm³/mol. The van der Waals surface area contributed by atoms with Crippen LogP contribution in [-0.4, -0.2) is 15.7 Å². The van der Waals surface area contributed by atoms with Crippen LogP contribution in [0.3, 0.4) is 0 Å². The maximum absolute atomic E-state index is 12.3. The van der Waals surface area contributed by atoms with Crippen LogP contribution in [0.15, 0.2) is 54.7 Å². The van der Waals surface area contributed by atoms with Crippen LogP contribution in [-0.2, 0) is 4.79 Å². The van der Waals surface area contributed by atoms with E-state index in [1.54, 1.807) is 4.68 Å². The molecule has 0 saturated carbocycles. The lowest BCUT2D eigenvalue weighted by atomic mass is 9.87. The van der Waals surface area contributed by atoms with Crippen molar-refractivity contribution in [2.45, 2.75) is 19.3 Å². The number of hydrogen-bond acceptors (Lipinski definition) is 2. The summed E-state index contributed by atoms with van der Waals surface area (Å²) in [7, 11) is 0. The third kappa shape index (κ3) is 2.59. The third-order valence-corrected chi connectivity index (χ3v) is 4.55. The minimum absolute atomic E-state index is 0.00205. The topological polar surface area (TPSA) is 46.9 Å². The second kappa shape index (κ2) is 5.80. The van der Waals surface area contributed by atoms with Gasteiger partial charge in [-0.2, -0.15) is 5.10 Å². The van der Waals surface area contributed by atoms with Gasteiger partial charge in [0.25, 0.3) is 0 Å². The predicted octanol–water partition coefficient (Wildman–Crippen LogP) is 4.31. The Bertz CT molecular complexity index is 932. The maximum atomic E-state index is 12.3. The Morgan fingerprint density at radius 3 is 2.83 bits per heavy atom.